The summed E-state index contributed by atoms with van der Waals surface area (Å²) in [6.45, 7) is 1.76. The van der Waals surface area contributed by atoms with E-state index in [0.717, 1.165) is 10.0 Å². The lowest BCUT2D eigenvalue weighted by atomic mass is 10.2. The molecule has 0 saturated heterocycles. The van der Waals surface area contributed by atoms with E-state index < -0.39 is 10.0 Å². The number of hydrogen-bond donors (Lipinski definition) is 2. The highest BCUT2D eigenvalue weighted by molar-refractivity contribution is 9.10. The van der Waals surface area contributed by atoms with Crippen LogP contribution in [0.5, 0.6) is 0 Å². The molecule has 90 valence electrons. The van der Waals surface area contributed by atoms with Gasteiger partial charge in [-0.25, -0.2) is 8.42 Å². The second-order valence-corrected chi connectivity index (χ2v) is 6.16. The summed E-state index contributed by atoms with van der Waals surface area (Å²) in [4.78, 5) is 0. The largest absolute Gasteiger partial charge is 0.396 e. The van der Waals surface area contributed by atoms with Crippen molar-refractivity contribution < 1.29 is 13.5 Å². The molecule has 0 bridgehead atoms. The van der Waals surface area contributed by atoms with Crippen LogP contribution in [0.15, 0.2) is 22.7 Å². The summed E-state index contributed by atoms with van der Waals surface area (Å²) in [7, 11) is -3.35. The molecule has 16 heavy (non-hydrogen) atoms. The van der Waals surface area contributed by atoms with Crippen LogP contribution in [-0.2, 0) is 10.0 Å². The molecule has 0 aliphatic heterocycles. The second-order valence-electron chi connectivity index (χ2n) is 3.46. The lowest BCUT2D eigenvalue weighted by Crippen LogP contribution is -2.17. The molecule has 1 aromatic rings. The lowest BCUT2D eigenvalue weighted by molar-refractivity contribution is 0.295. The van der Waals surface area contributed by atoms with Crippen LogP contribution in [0.2, 0.25) is 0 Å². The van der Waals surface area contributed by atoms with Crippen molar-refractivity contribution in [1.82, 2.24) is 0 Å². The molecule has 0 heterocycles. The van der Waals surface area contributed by atoms with E-state index in [0.29, 0.717) is 5.69 Å². The van der Waals surface area contributed by atoms with Crippen LogP contribution in [0.4, 0.5) is 5.69 Å². The van der Waals surface area contributed by atoms with Crippen LogP contribution in [0.1, 0.15) is 12.0 Å². The summed E-state index contributed by atoms with van der Waals surface area (Å²) in [5, 5.41) is 8.58. The molecule has 1 rings (SSSR count). The fourth-order valence-corrected chi connectivity index (χ4v) is 2.54. The van der Waals surface area contributed by atoms with Crippen molar-refractivity contribution in [3.05, 3.63) is 28.2 Å². The minimum absolute atomic E-state index is 0.0708. The Kier molecular flexibility index (Phi) is 4.76. The van der Waals surface area contributed by atoms with E-state index in [1.54, 1.807) is 18.2 Å². The van der Waals surface area contributed by atoms with E-state index in [9.17, 15) is 8.42 Å². The van der Waals surface area contributed by atoms with Crippen molar-refractivity contribution in [2.75, 3.05) is 17.1 Å². The van der Waals surface area contributed by atoms with Crippen molar-refractivity contribution in [1.29, 1.82) is 0 Å². The maximum atomic E-state index is 11.5. The van der Waals surface area contributed by atoms with Gasteiger partial charge in [-0.05, 0) is 37.1 Å². The fraction of sp³-hybridized carbons (Fsp3) is 0.400. The number of rotatable bonds is 5. The van der Waals surface area contributed by atoms with E-state index in [-0.39, 0.29) is 18.8 Å². The fourth-order valence-electron chi connectivity index (χ4n) is 1.19. The molecule has 0 saturated carbocycles. The number of anilines is 1. The Morgan fingerprint density at radius 1 is 1.44 bits per heavy atom. The van der Waals surface area contributed by atoms with Gasteiger partial charge in [0.15, 0.2) is 0 Å². The van der Waals surface area contributed by atoms with E-state index >= 15 is 0 Å². The minimum Gasteiger partial charge on any atom is -0.396 e. The first-order valence-corrected chi connectivity index (χ1v) is 7.26. The zero-order valence-electron chi connectivity index (χ0n) is 8.90. The van der Waals surface area contributed by atoms with Crippen molar-refractivity contribution >= 4 is 31.6 Å². The van der Waals surface area contributed by atoms with Crippen LogP contribution in [0, 0.1) is 6.92 Å². The average Bonchev–Trinajstić information content (AvgIpc) is 2.20. The molecule has 0 atom stereocenters. The standard InChI is InChI=1S/C10H14BrNO3S/c1-8-7-9(3-4-10(8)11)12-16(14,15)6-2-5-13/h3-4,7,12-13H,2,5-6H2,1H3. The molecule has 0 unspecified atom stereocenters. The Labute approximate surface area is 104 Å². The first kappa shape index (κ1) is 13.5. The molecule has 0 amide bonds. The number of benzene rings is 1. The van der Waals surface area contributed by atoms with E-state index in [2.05, 4.69) is 20.7 Å². The SMILES string of the molecule is Cc1cc(NS(=O)(=O)CCCO)ccc1Br. The quantitative estimate of drug-likeness (QED) is 0.873. The van der Waals surface area contributed by atoms with Gasteiger partial charge in [0.1, 0.15) is 0 Å². The Bertz CT molecular complexity index is 459. The van der Waals surface area contributed by atoms with Crippen molar-refractivity contribution in [3.63, 3.8) is 0 Å². The Morgan fingerprint density at radius 3 is 2.69 bits per heavy atom. The number of aliphatic hydroxyl groups is 1. The highest BCUT2D eigenvalue weighted by Crippen LogP contribution is 2.20. The highest BCUT2D eigenvalue weighted by atomic mass is 79.9. The molecule has 1 aromatic carbocycles. The Morgan fingerprint density at radius 2 is 2.12 bits per heavy atom. The summed E-state index contributed by atoms with van der Waals surface area (Å²) in [6.07, 6.45) is 0.241. The average molecular weight is 308 g/mol. The summed E-state index contributed by atoms with van der Waals surface area (Å²) < 4.78 is 26.4. The molecule has 0 aromatic heterocycles. The van der Waals surface area contributed by atoms with Gasteiger partial charge in [0.25, 0.3) is 0 Å². The summed E-state index contributed by atoms with van der Waals surface area (Å²) >= 11 is 3.34. The highest BCUT2D eigenvalue weighted by Gasteiger charge is 2.09. The minimum atomic E-state index is -3.35. The molecule has 0 aliphatic carbocycles. The lowest BCUT2D eigenvalue weighted by Gasteiger charge is -2.08. The third-order valence-electron chi connectivity index (χ3n) is 2.00. The zero-order valence-corrected chi connectivity index (χ0v) is 11.3. The molecule has 0 spiro atoms. The van der Waals surface area contributed by atoms with E-state index in [1.165, 1.54) is 0 Å². The topological polar surface area (TPSA) is 66.4 Å². The Balaban J connectivity index is 2.76. The third kappa shape index (κ3) is 4.11. The monoisotopic (exact) mass is 307 g/mol. The zero-order chi connectivity index (χ0) is 12.2. The molecular weight excluding hydrogens is 294 g/mol. The predicted octanol–water partition coefficient (Wildman–Crippen LogP) is 1.88. The number of aryl methyl sites for hydroxylation is 1. The first-order chi connectivity index (χ1) is 7.44. The molecule has 0 fully saturated rings. The number of nitrogens with one attached hydrogen (secondary N) is 1. The number of hydrogen-bond acceptors (Lipinski definition) is 3. The smallest absolute Gasteiger partial charge is 0.232 e. The molecule has 4 nitrogen and oxygen atoms in total. The number of aliphatic hydroxyl groups excluding tert-OH is 1. The number of sulfonamides is 1. The molecule has 0 aliphatic rings. The maximum absolute atomic E-state index is 11.5. The van der Waals surface area contributed by atoms with E-state index in [4.69, 9.17) is 5.11 Å². The first-order valence-electron chi connectivity index (χ1n) is 4.82. The summed E-state index contributed by atoms with van der Waals surface area (Å²) in [5.41, 5.74) is 1.50. The van der Waals surface area contributed by atoms with Gasteiger partial charge >= 0.3 is 0 Å². The van der Waals surface area contributed by atoms with Crippen LogP contribution in [0.25, 0.3) is 0 Å². The third-order valence-corrected chi connectivity index (χ3v) is 4.27. The van der Waals surface area contributed by atoms with Crippen molar-refractivity contribution in [2.24, 2.45) is 0 Å². The predicted molar refractivity (Wildman–Crippen MR) is 68.0 cm³/mol. The van der Waals surface area contributed by atoms with Crippen molar-refractivity contribution in [2.45, 2.75) is 13.3 Å². The molecule has 0 radical (unpaired) electrons. The summed E-state index contributed by atoms with van der Waals surface area (Å²) in [6, 6.07) is 5.23. The van der Waals surface area contributed by atoms with Crippen molar-refractivity contribution in [3.8, 4) is 0 Å². The van der Waals surface area contributed by atoms with Gasteiger partial charge in [-0.1, -0.05) is 15.9 Å². The second kappa shape index (κ2) is 5.65. The van der Waals surface area contributed by atoms with Gasteiger partial charge in [0, 0.05) is 16.8 Å². The van der Waals surface area contributed by atoms with Crippen LogP contribution in [-0.4, -0.2) is 25.9 Å². The van der Waals surface area contributed by atoms with Gasteiger partial charge < -0.3 is 5.11 Å². The number of halogens is 1. The maximum Gasteiger partial charge on any atom is 0.232 e. The van der Waals surface area contributed by atoms with Crippen LogP contribution >= 0.6 is 15.9 Å². The van der Waals surface area contributed by atoms with Gasteiger partial charge in [0.2, 0.25) is 10.0 Å². The van der Waals surface area contributed by atoms with Crippen LogP contribution in [0.3, 0.4) is 0 Å². The van der Waals surface area contributed by atoms with Gasteiger partial charge in [-0.3, -0.25) is 4.72 Å². The normalized spacial score (nSPS) is 11.4. The van der Waals surface area contributed by atoms with Gasteiger partial charge in [-0.2, -0.15) is 0 Å². The Hall–Kier alpha value is -0.590. The summed E-state index contributed by atoms with van der Waals surface area (Å²) in [5.74, 6) is -0.0708. The molecule has 6 heteroatoms. The molecule has 2 N–H and O–H groups in total. The van der Waals surface area contributed by atoms with Gasteiger partial charge in [0.05, 0.1) is 5.75 Å². The van der Waals surface area contributed by atoms with Crippen LogP contribution < -0.4 is 4.72 Å². The molecular formula is C10H14BrNO3S. The van der Waals surface area contributed by atoms with E-state index in [1.807, 2.05) is 6.92 Å². The van der Waals surface area contributed by atoms with Gasteiger partial charge in [-0.15, -0.1) is 0 Å².